The summed E-state index contributed by atoms with van der Waals surface area (Å²) in [7, 11) is 0. The molecule has 24 heavy (non-hydrogen) atoms. The quantitative estimate of drug-likeness (QED) is 0.767. The molecular weight excluding hydrogens is 312 g/mol. The molecule has 2 aromatic rings. The SMILES string of the molecule is Cc1cn(C2CC(O)C(CN=Cc3ccccn3)O2)c(=O)[nH]c1=O. The average Bonchev–Trinajstić information content (AvgIpc) is 2.93. The lowest BCUT2D eigenvalue weighted by atomic mass is 10.2. The third-order valence-electron chi connectivity index (χ3n) is 3.86. The minimum atomic E-state index is -0.741. The van der Waals surface area contributed by atoms with Crippen LogP contribution in [0.15, 0.2) is 45.2 Å². The van der Waals surface area contributed by atoms with Crippen LogP contribution in [0.25, 0.3) is 0 Å². The van der Waals surface area contributed by atoms with Crippen LogP contribution < -0.4 is 11.2 Å². The van der Waals surface area contributed by atoms with Crippen LogP contribution >= 0.6 is 0 Å². The molecule has 0 spiro atoms. The van der Waals surface area contributed by atoms with Gasteiger partial charge in [-0.2, -0.15) is 0 Å². The molecule has 1 saturated heterocycles. The van der Waals surface area contributed by atoms with Crippen molar-refractivity contribution in [3.8, 4) is 0 Å². The summed E-state index contributed by atoms with van der Waals surface area (Å²) in [6, 6.07) is 5.49. The van der Waals surface area contributed by atoms with E-state index in [4.69, 9.17) is 4.74 Å². The molecule has 1 fully saturated rings. The van der Waals surface area contributed by atoms with Crippen LogP contribution in [0.3, 0.4) is 0 Å². The first-order chi connectivity index (χ1) is 11.5. The predicted molar refractivity (Wildman–Crippen MR) is 87.3 cm³/mol. The number of aliphatic hydroxyl groups is 1. The summed E-state index contributed by atoms with van der Waals surface area (Å²) < 4.78 is 7.02. The summed E-state index contributed by atoms with van der Waals surface area (Å²) in [6.07, 6.45) is 3.10. The summed E-state index contributed by atoms with van der Waals surface area (Å²) in [4.78, 5) is 33.9. The average molecular weight is 330 g/mol. The highest BCUT2D eigenvalue weighted by atomic mass is 16.5. The highest BCUT2D eigenvalue weighted by molar-refractivity contribution is 5.76. The Morgan fingerprint density at radius 3 is 3.08 bits per heavy atom. The van der Waals surface area contributed by atoms with Crippen LogP contribution in [0.1, 0.15) is 23.9 Å². The molecule has 0 bridgehead atoms. The monoisotopic (exact) mass is 330 g/mol. The highest BCUT2D eigenvalue weighted by Crippen LogP contribution is 2.27. The molecule has 126 valence electrons. The molecule has 0 aromatic carbocycles. The number of pyridine rings is 1. The Bertz CT molecular complexity index is 843. The molecule has 3 heterocycles. The van der Waals surface area contributed by atoms with Gasteiger partial charge in [0.25, 0.3) is 5.56 Å². The van der Waals surface area contributed by atoms with Gasteiger partial charge in [-0.15, -0.1) is 0 Å². The maximum absolute atomic E-state index is 11.9. The molecule has 3 unspecified atom stereocenters. The fourth-order valence-corrected chi connectivity index (χ4v) is 2.55. The van der Waals surface area contributed by atoms with Crippen molar-refractivity contribution in [2.24, 2.45) is 4.99 Å². The number of hydrogen-bond acceptors (Lipinski definition) is 6. The second-order valence-electron chi connectivity index (χ2n) is 5.66. The van der Waals surface area contributed by atoms with Crippen LogP contribution in [0.4, 0.5) is 0 Å². The van der Waals surface area contributed by atoms with E-state index in [1.54, 1.807) is 19.3 Å². The van der Waals surface area contributed by atoms with E-state index in [2.05, 4.69) is 15.0 Å². The van der Waals surface area contributed by atoms with Crippen molar-refractivity contribution >= 4 is 6.21 Å². The molecule has 1 aliphatic heterocycles. The zero-order chi connectivity index (χ0) is 17.1. The molecule has 0 amide bonds. The maximum atomic E-state index is 11.9. The molecule has 0 aliphatic carbocycles. The number of rotatable bonds is 4. The summed E-state index contributed by atoms with van der Waals surface area (Å²) in [5, 5.41) is 10.1. The Hall–Kier alpha value is -2.58. The summed E-state index contributed by atoms with van der Waals surface area (Å²) in [6.45, 7) is 1.86. The number of aliphatic hydroxyl groups excluding tert-OH is 1. The lowest BCUT2D eigenvalue weighted by molar-refractivity contribution is -0.0149. The second-order valence-corrected chi connectivity index (χ2v) is 5.66. The Morgan fingerprint density at radius 1 is 1.50 bits per heavy atom. The molecule has 3 atom stereocenters. The highest BCUT2D eigenvalue weighted by Gasteiger charge is 2.35. The van der Waals surface area contributed by atoms with Crippen molar-refractivity contribution in [3.05, 3.63) is 62.7 Å². The van der Waals surface area contributed by atoms with E-state index in [1.807, 2.05) is 18.2 Å². The van der Waals surface area contributed by atoms with E-state index in [1.165, 1.54) is 10.8 Å². The number of hydrogen-bond donors (Lipinski definition) is 2. The second kappa shape index (κ2) is 6.90. The number of aryl methyl sites for hydroxylation is 1. The third kappa shape index (κ3) is 3.50. The number of aromatic amines is 1. The standard InChI is InChI=1S/C16H18N4O4/c1-10-9-20(16(23)19-15(10)22)14-6-12(21)13(24-14)8-17-7-11-4-2-3-5-18-11/h2-5,7,9,12-14,21H,6,8H2,1H3,(H,19,22,23). The fourth-order valence-electron chi connectivity index (χ4n) is 2.55. The van der Waals surface area contributed by atoms with Crippen molar-refractivity contribution in [3.63, 3.8) is 0 Å². The van der Waals surface area contributed by atoms with Crippen molar-refractivity contribution in [2.45, 2.75) is 31.8 Å². The van der Waals surface area contributed by atoms with Gasteiger partial charge in [0.05, 0.1) is 18.3 Å². The Labute approximate surface area is 137 Å². The van der Waals surface area contributed by atoms with E-state index in [9.17, 15) is 14.7 Å². The first-order valence-corrected chi connectivity index (χ1v) is 7.61. The number of ether oxygens (including phenoxy) is 1. The first kappa shape index (κ1) is 16.3. The molecule has 8 heteroatoms. The Kier molecular flexibility index (Phi) is 4.68. The number of aliphatic imine (C=N–C) groups is 1. The van der Waals surface area contributed by atoms with E-state index in [-0.39, 0.29) is 13.0 Å². The zero-order valence-electron chi connectivity index (χ0n) is 13.1. The molecule has 0 saturated carbocycles. The van der Waals surface area contributed by atoms with Gasteiger partial charge in [0.2, 0.25) is 0 Å². The molecule has 0 radical (unpaired) electrons. The van der Waals surface area contributed by atoms with E-state index in [0.29, 0.717) is 11.3 Å². The third-order valence-corrected chi connectivity index (χ3v) is 3.86. The zero-order valence-corrected chi connectivity index (χ0v) is 13.1. The van der Waals surface area contributed by atoms with Gasteiger partial charge in [-0.3, -0.25) is 24.3 Å². The topological polar surface area (TPSA) is 110 Å². The molecule has 2 aromatic heterocycles. The lowest BCUT2D eigenvalue weighted by Crippen LogP contribution is -2.33. The summed E-state index contributed by atoms with van der Waals surface area (Å²) in [5.41, 5.74) is 0.144. The number of aromatic nitrogens is 3. The maximum Gasteiger partial charge on any atom is 0.330 e. The predicted octanol–water partition coefficient (Wildman–Crippen LogP) is 0.00752. The van der Waals surface area contributed by atoms with Gasteiger partial charge in [0.1, 0.15) is 12.3 Å². The van der Waals surface area contributed by atoms with Crippen molar-refractivity contribution < 1.29 is 9.84 Å². The van der Waals surface area contributed by atoms with Crippen molar-refractivity contribution in [1.82, 2.24) is 14.5 Å². The van der Waals surface area contributed by atoms with Crippen LogP contribution in [-0.4, -0.2) is 44.6 Å². The fraction of sp³-hybridized carbons (Fsp3) is 0.375. The molecule has 1 aliphatic rings. The summed E-state index contributed by atoms with van der Waals surface area (Å²) in [5.74, 6) is 0. The Balaban J connectivity index is 1.69. The smallest absolute Gasteiger partial charge is 0.330 e. The van der Waals surface area contributed by atoms with Crippen molar-refractivity contribution in [2.75, 3.05) is 6.54 Å². The first-order valence-electron chi connectivity index (χ1n) is 7.61. The number of nitrogens with zero attached hydrogens (tertiary/aromatic N) is 3. The van der Waals surface area contributed by atoms with Gasteiger partial charge in [0, 0.05) is 30.6 Å². The van der Waals surface area contributed by atoms with Gasteiger partial charge < -0.3 is 9.84 Å². The number of nitrogens with one attached hydrogen (secondary N) is 1. The van der Waals surface area contributed by atoms with Crippen molar-refractivity contribution in [1.29, 1.82) is 0 Å². The largest absolute Gasteiger partial charge is 0.390 e. The molecule has 3 rings (SSSR count). The van der Waals surface area contributed by atoms with E-state index in [0.717, 1.165) is 0 Å². The van der Waals surface area contributed by atoms with Gasteiger partial charge >= 0.3 is 5.69 Å². The Morgan fingerprint density at radius 2 is 2.33 bits per heavy atom. The van der Waals surface area contributed by atoms with Gasteiger partial charge in [-0.25, -0.2) is 4.79 Å². The van der Waals surface area contributed by atoms with E-state index < -0.39 is 29.7 Å². The minimum Gasteiger partial charge on any atom is -0.390 e. The molecule has 2 N–H and O–H groups in total. The minimum absolute atomic E-state index is 0.255. The van der Waals surface area contributed by atoms with Gasteiger partial charge in [-0.05, 0) is 19.1 Å². The van der Waals surface area contributed by atoms with Crippen LogP contribution in [-0.2, 0) is 4.74 Å². The van der Waals surface area contributed by atoms with Crippen LogP contribution in [0, 0.1) is 6.92 Å². The van der Waals surface area contributed by atoms with Gasteiger partial charge in [-0.1, -0.05) is 6.07 Å². The molecular formula is C16H18N4O4. The normalized spacial score (nSPS) is 23.8. The lowest BCUT2D eigenvalue weighted by Gasteiger charge is -2.14. The number of H-pyrrole nitrogens is 1. The van der Waals surface area contributed by atoms with E-state index >= 15 is 0 Å². The van der Waals surface area contributed by atoms with Crippen LogP contribution in [0.2, 0.25) is 0 Å². The van der Waals surface area contributed by atoms with Gasteiger partial charge in [0.15, 0.2) is 0 Å². The molecule has 8 nitrogen and oxygen atoms in total. The van der Waals surface area contributed by atoms with Crippen LogP contribution in [0.5, 0.6) is 0 Å². The summed E-state index contributed by atoms with van der Waals surface area (Å²) >= 11 is 0.